The van der Waals surface area contributed by atoms with Gasteiger partial charge in [0.2, 0.25) is 0 Å². The smallest absolute Gasteiger partial charge is 0.0589 e. The van der Waals surface area contributed by atoms with Crippen LogP contribution in [0.25, 0.3) is 0 Å². The van der Waals surface area contributed by atoms with Crippen molar-refractivity contribution in [3.05, 3.63) is 35.4 Å². The minimum Gasteiger partial charge on any atom is -0.0589 e. The Morgan fingerprint density at radius 2 is 1.50 bits per heavy atom. The van der Waals surface area contributed by atoms with Crippen LogP contribution < -0.4 is 0 Å². The van der Waals surface area contributed by atoms with E-state index in [1.807, 2.05) is 0 Å². The molecular formula is C15H23B. The maximum atomic E-state index is 2.42. The topological polar surface area (TPSA) is 0 Å². The number of benzene rings is 1. The van der Waals surface area contributed by atoms with Gasteiger partial charge in [0.05, 0.1) is 0 Å². The van der Waals surface area contributed by atoms with Gasteiger partial charge in [-0.3, -0.25) is 0 Å². The van der Waals surface area contributed by atoms with E-state index in [1.165, 1.54) is 36.8 Å². The largest absolute Gasteiger partial charge is 0.115 e. The Balaban J connectivity index is 2.26. The standard InChI is InChI=1S/C15H23B/c1-14(2,3)12-6-8-13(9-7-12)15(16)10-4-5-11-15/h6-9H,4-5,10-11,16H2,1-3H3. The van der Waals surface area contributed by atoms with Crippen LogP contribution in [0.3, 0.4) is 0 Å². The Kier molecular flexibility index (Phi) is 2.90. The third kappa shape index (κ3) is 2.19. The molecule has 0 nitrogen and oxygen atoms in total. The van der Waals surface area contributed by atoms with E-state index in [0.717, 1.165) is 0 Å². The van der Waals surface area contributed by atoms with Crippen molar-refractivity contribution in [1.29, 1.82) is 0 Å². The lowest BCUT2D eigenvalue weighted by molar-refractivity contribution is 0.587. The van der Waals surface area contributed by atoms with Crippen LogP contribution in [-0.2, 0) is 10.7 Å². The fourth-order valence-corrected chi connectivity index (χ4v) is 2.82. The van der Waals surface area contributed by atoms with Crippen molar-refractivity contribution in [2.24, 2.45) is 0 Å². The van der Waals surface area contributed by atoms with Crippen LogP contribution in [0.2, 0.25) is 0 Å². The third-order valence-corrected chi connectivity index (χ3v) is 4.15. The summed E-state index contributed by atoms with van der Waals surface area (Å²) < 4.78 is 0. The molecule has 1 aliphatic rings. The van der Waals surface area contributed by atoms with Crippen LogP contribution >= 0.6 is 0 Å². The molecular weight excluding hydrogens is 191 g/mol. The first-order valence-electron chi connectivity index (χ1n) is 6.53. The molecule has 1 aliphatic carbocycles. The Labute approximate surface area is 101 Å². The van der Waals surface area contributed by atoms with Crippen molar-refractivity contribution >= 4 is 7.85 Å². The molecule has 0 aliphatic heterocycles. The van der Waals surface area contributed by atoms with Gasteiger partial charge in [0.15, 0.2) is 0 Å². The summed E-state index contributed by atoms with van der Waals surface area (Å²) in [6.07, 6.45) is 5.53. The molecule has 0 heterocycles. The van der Waals surface area contributed by atoms with E-state index in [1.54, 1.807) is 0 Å². The van der Waals surface area contributed by atoms with Crippen LogP contribution in [0, 0.1) is 0 Å². The maximum Gasteiger partial charge on any atom is 0.115 e. The summed E-state index contributed by atoms with van der Waals surface area (Å²) in [5.74, 6) is 0. The van der Waals surface area contributed by atoms with Crippen molar-refractivity contribution in [3.63, 3.8) is 0 Å². The quantitative estimate of drug-likeness (QED) is 0.628. The zero-order chi connectivity index (χ0) is 11.8. The normalized spacial score (nSPS) is 19.9. The summed E-state index contributed by atoms with van der Waals surface area (Å²) >= 11 is 0. The lowest BCUT2D eigenvalue weighted by atomic mass is 9.63. The molecule has 1 saturated carbocycles. The minimum absolute atomic E-state index is 0.273. The van der Waals surface area contributed by atoms with Gasteiger partial charge in [-0.2, -0.15) is 0 Å². The summed E-state index contributed by atoms with van der Waals surface area (Å²) in [7, 11) is 2.42. The van der Waals surface area contributed by atoms with Crippen molar-refractivity contribution in [2.75, 3.05) is 0 Å². The first kappa shape index (κ1) is 11.8. The van der Waals surface area contributed by atoms with Crippen molar-refractivity contribution in [3.8, 4) is 0 Å². The predicted octanol–water partition coefficient (Wildman–Crippen LogP) is 3.39. The molecule has 16 heavy (non-hydrogen) atoms. The number of rotatable bonds is 1. The molecule has 0 unspecified atom stereocenters. The second kappa shape index (κ2) is 3.94. The number of hydrogen-bond acceptors (Lipinski definition) is 0. The van der Waals surface area contributed by atoms with E-state index in [9.17, 15) is 0 Å². The molecule has 0 radical (unpaired) electrons. The van der Waals surface area contributed by atoms with E-state index in [4.69, 9.17) is 0 Å². The Bertz CT molecular complexity index is 350. The molecule has 0 N–H and O–H groups in total. The average Bonchev–Trinajstić information content (AvgIpc) is 2.66. The lowest BCUT2D eigenvalue weighted by Crippen LogP contribution is -2.22. The Morgan fingerprint density at radius 1 is 1.00 bits per heavy atom. The zero-order valence-electron chi connectivity index (χ0n) is 11.1. The fraction of sp³-hybridized carbons (Fsp3) is 0.600. The molecule has 0 saturated heterocycles. The predicted molar refractivity (Wildman–Crippen MR) is 73.8 cm³/mol. The molecule has 0 bridgehead atoms. The van der Waals surface area contributed by atoms with Gasteiger partial charge < -0.3 is 0 Å². The first-order chi connectivity index (χ1) is 7.42. The van der Waals surface area contributed by atoms with Crippen molar-refractivity contribution in [1.82, 2.24) is 0 Å². The highest BCUT2D eigenvalue weighted by atomic mass is 14.3. The summed E-state index contributed by atoms with van der Waals surface area (Å²) in [4.78, 5) is 0. The summed E-state index contributed by atoms with van der Waals surface area (Å²) in [6.45, 7) is 6.83. The Morgan fingerprint density at radius 3 is 1.94 bits per heavy atom. The second-order valence-electron chi connectivity index (χ2n) is 6.60. The van der Waals surface area contributed by atoms with Gasteiger partial charge in [-0.25, -0.2) is 0 Å². The second-order valence-corrected chi connectivity index (χ2v) is 6.60. The SMILES string of the molecule is BC1(c2ccc(C(C)(C)C)cc2)CCCC1. The van der Waals surface area contributed by atoms with Crippen LogP contribution in [0.1, 0.15) is 57.6 Å². The lowest BCUT2D eigenvalue weighted by Gasteiger charge is -2.26. The van der Waals surface area contributed by atoms with Crippen molar-refractivity contribution in [2.45, 2.75) is 57.2 Å². The van der Waals surface area contributed by atoms with Crippen LogP contribution in [0.15, 0.2) is 24.3 Å². The summed E-state index contributed by atoms with van der Waals surface area (Å²) in [5, 5.41) is 0.455. The highest BCUT2D eigenvalue weighted by molar-refractivity contribution is 6.16. The minimum atomic E-state index is 0.273. The van der Waals surface area contributed by atoms with E-state index < -0.39 is 0 Å². The molecule has 0 amide bonds. The molecule has 86 valence electrons. The van der Waals surface area contributed by atoms with Gasteiger partial charge >= 0.3 is 0 Å². The van der Waals surface area contributed by atoms with E-state index >= 15 is 0 Å². The molecule has 1 aromatic rings. The average molecular weight is 214 g/mol. The first-order valence-corrected chi connectivity index (χ1v) is 6.53. The zero-order valence-corrected chi connectivity index (χ0v) is 11.1. The monoisotopic (exact) mass is 214 g/mol. The van der Waals surface area contributed by atoms with Gasteiger partial charge in [0.1, 0.15) is 7.85 Å². The maximum absolute atomic E-state index is 2.42. The van der Waals surface area contributed by atoms with Crippen LogP contribution in [0.5, 0.6) is 0 Å². The Hall–Kier alpha value is -0.715. The molecule has 1 aromatic carbocycles. The number of hydrogen-bond donors (Lipinski definition) is 0. The van der Waals surface area contributed by atoms with Gasteiger partial charge in [0, 0.05) is 0 Å². The summed E-state index contributed by atoms with van der Waals surface area (Å²) in [5.41, 5.74) is 3.26. The van der Waals surface area contributed by atoms with Crippen LogP contribution in [0.4, 0.5) is 0 Å². The highest BCUT2D eigenvalue weighted by Gasteiger charge is 2.30. The van der Waals surface area contributed by atoms with Gasteiger partial charge in [-0.05, 0) is 21.9 Å². The molecule has 0 aromatic heterocycles. The third-order valence-electron chi connectivity index (χ3n) is 4.15. The van der Waals surface area contributed by atoms with Gasteiger partial charge in [0.25, 0.3) is 0 Å². The molecule has 1 heteroatoms. The van der Waals surface area contributed by atoms with Crippen LogP contribution in [-0.4, -0.2) is 7.85 Å². The van der Waals surface area contributed by atoms with E-state index in [2.05, 4.69) is 52.9 Å². The van der Waals surface area contributed by atoms with Gasteiger partial charge in [-0.15, -0.1) is 0 Å². The summed E-state index contributed by atoms with van der Waals surface area (Å²) in [6, 6.07) is 9.34. The van der Waals surface area contributed by atoms with Crippen molar-refractivity contribution < 1.29 is 0 Å². The van der Waals surface area contributed by atoms with Gasteiger partial charge in [-0.1, -0.05) is 70.7 Å². The highest BCUT2D eigenvalue weighted by Crippen LogP contribution is 2.38. The molecule has 0 atom stereocenters. The van der Waals surface area contributed by atoms with E-state index in [0.29, 0.717) is 5.31 Å². The molecule has 2 rings (SSSR count). The van der Waals surface area contributed by atoms with E-state index in [-0.39, 0.29) is 5.41 Å². The molecule has 0 spiro atoms. The molecule has 1 fully saturated rings. The fourth-order valence-electron chi connectivity index (χ4n) is 2.82.